The summed E-state index contributed by atoms with van der Waals surface area (Å²) in [6.45, 7) is 1.27. The van der Waals surface area contributed by atoms with Crippen molar-refractivity contribution in [3.8, 4) is 5.88 Å². The minimum atomic E-state index is -5.08. The van der Waals surface area contributed by atoms with Gasteiger partial charge in [0.25, 0.3) is 0 Å². The van der Waals surface area contributed by atoms with Gasteiger partial charge in [-0.1, -0.05) is 0 Å². The van der Waals surface area contributed by atoms with Crippen LogP contribution in [0.5, 0.6) is 5.88 Å². The summed E-state index contributed by atoms with van der Waals surface area (Å²) in [5, 5.41) is 24.4. The standard InChI is InChI=1S/C17H18N6O2.2C2HF3O2/c18-14(24)10-3-2-6-23(9-10)17-21-13(16(25)22-17)7-11-8-20-15-12(11)4-1-5-19-15;2*3-2(4,5)1(6)7/h1,4-5,7-8,10,25H,2-3,6,9H2,(H2,18,24)(H,21,22);2*(H,6,7)/b11-7+;;. The summed E-state index contributed by atoms with van der Waals surface area (Å²) in [5.41, 5.74) is 7.67. The van der Waals surface area contributed by atoms with Crippen LogP contribution in [0.1, 0.15) is 24.1 Å². The number of aliphatic carboxylic acids is 2. The van der Waals surface area contributed by atoms with Crippen LogP contribution in [0.3, 0.4) is 0 Å². The van der Waals surface area contributed by atoms with Crippen molar-refractivity contribution in [2.75, 3.05) is 18.0 Å². The third kappa shape index (κ3) is 8.71. The quantitative estimate of drug-likeness (QED) is 0.347. The predicted octanol–water partition coefficient (Wildman–Crippen LogP) is 2.74. The average molecular weight is 566 g/mol. The zero-order valence-electron chi connectivity index (χ0n) is 19.5. The lowest BCUT2D eigenvalue weighted by Gasteiger charge is -2.30. The maximum atomic E-state index is 11.4. The van der Waals surface area contributed by atoms with Crippen LogP contribution in [0.4, 0.5) is 38.1 Å². The summed E-state index contributed by atoms with van der Waals surface area (Å²) in [7, 11) is 0. The fraction of sp³-hybridized carbons (Fsp3) is 0.333. The van der Waals surface area contributed by atoms with E-state index in [2.05, 4.69) is 19.9 Å². The number of H-pyrrole nitrogens is 1. The SMILES string of the molecule is NC(=O)C1CCCN(c2nc(O)c(/C=C3\C=Nc4ncccc43)[nH]2)C1.O=C(O)C(F)(F)F.O=C(O)C(F)(F)F. The van der Waals surface area contributed by atoms with E-state index in [0.29, 0.717) is 24.0 Å². The molecule has 12 nitrogen and oxygen atoms in total. The minimum Gasteiger partial charge on any atom is -0.492 e. The molecule has 2 aliphatic rings. The number of primary amides is 1. The molecule has 2 aromatic rings. The molecule has 1 amide bonds. The Kier molecular flexibility index (Phi) is 9.62. The number of amides is 1. The van der Waals surface area contributed by atoms with E-state index < -0.39 is 24.3 Å². The summed E-state index contributed by atoms with van der Waals surface area (Å²) in [5.74, 6) is -4.89. The number of aliphatic imine (C=N–C) groups is 1. The highest BCUT2D eigenvalue weighted by Crippen LogP contribution is 2.32. The first-order valence-corrected chi connectivity index (χ1v) is 10.6. The van der Waals surface area contributed by atoms with Gasteiger partial charge in [0, 0.05) is 36.6 Å². The number of aromatic nitrogens is 3. The lowest BCUT2D eigenvalue weighted by molar-refractivity contribution is -0.193. The Morgan fingerprint density at radius 3 is 2.23 bits per heavy atom. The van der Waals surface area contributed by atoms with Crippen LogP contribution >= 0.6 is 0 Å². The Bertz CT molecular complexity index is 1250. The fourth-order valence-electron chi connectivity index (χ4n) is 3.21. The molecule has 4 rings (SSSR count). The first kappa shape index (κ1) is 30.6. The molecule has 0 saturated carbocycles. The summed E-state index contributed by atoms with van der Waals surface area (Å²) < 4.78 is 63.5. The van der Waals surface area contributed by atoms with E-state index in [1.165, 1.54) is 0 Å². The normalized spacial score (nSPS) is 17.4. The van der Waals surface area contributed by atoms with E-state index in [1.807, 2.05) is 17.0 Å². The zero-order chi connectivity index (χ0) is 29.5. The smallest absolute Gasteiger partial charge is 0.490 e. The zero-order valence-corrected chi connectivity index (χ0v) is 19.5. The van der Waals surface area contributed by atoms with Gasteiger partial charge in [0.2, 0.25) is 17.7 Å². The number of nitrogens with zero attached hydrogens (tertiary/aromatic N) is 4. The van der Waals surface area contributed by atoms with Gasteiger partial charge < -0.3 is 30.9 Å². The Labute approximate surface area is 214 Å². The second-order valence-corrected chi connectivity index (χ2v) is 7.82. The monoisotopic (exact) mass is 566 g/mol. The van der Waals surface area contributed by atoms with Gasteiger partial charge in [0.1, 0.15) is 5.69 Å². The van der Waals surface area contributed by atoms with Gasteiger partial charge in [-0.3, -0.25) is 4.79 Å². The molecule has 1 atom stereocenters. The number of carboxylic acids is 2. The highest BCUT2D eigenvalue weighted by molar-refractivity contribution is 6.20. The number of imidazole rings is 1. The largest absolute Gasteiger partial charge is 0.492 e. The summed E-state index contributed by atoms with van der Waals surface area (Å²) in [4.78, 5) is 46.9. The van der Waals surface area contributed by atoms with Gasteiger partial charge in [-0.25, -0.2) is 19.6 Å². The number of alkyl halides is 6. The number of pyridine rings is 1. The number of aromatic amines is 1. The molecule has 0 aromatic carbocycles. The number of rotatable bonds is 3. The number of hydrogen-bond donors (Lipinski definition) is 5. The van der Waals surface area contributed by atoms with Crippen molar-refractivity contribution in [2.24, 2.45) is 16.6 Å². The van der Waals surface area contributed by atoms with Crippen molar-refractivity contribution in [3.05, 3.63) is 29.6 Å². The molecular formula is C21H20F6N6O6. The van der Waals surface area contributed by atoms with Crippen molar-refractivity contribution >= 4 is 47.5 Å². The Morgan fingerprint density at radius 2 is 1.69 bits per heavy atom. The molecule has 0 spiro atoms. The third-order valence-corrected chi connectivity index (χ3v) is 5.03. The molecule has 0 aliphatic carbocycles. The lowest BCUT2D eigenvalue weighted by Crippen LogP contribution is -2.41. The van der Waals surface area contributed by atoms with E-state index in [9.17, 15) is 36.2 Å². The number of carboxylic acid groups (broad SMARTS) is 2. The third-order valence-electron chi connectivity index (χ3n) is 5.03. The molecule has 2 aromatic heterocycles. The van der Waals surface area contributed by atoms with Crippen molar-refractivity contribution in [1.29, 1.82) is 0 Å². The van der Waals surface area contributed by atoms with Gasteiger partial charge >= 0.3 is 24.3 Å². The summed E-state index contributed by atoms with van der Waals surface area (Å²) in [6, 6.07) is 3.77. The number of hydrogen-bond acceptors (Lipinski definition) is 8. The number of nitrogens with one attached hydrogen (secondary N) is 1. The minimum absolute atomic E-state index is 0.0885. The number of halogens is 6. The highest BCUT2D eigenvalue weighted by Gasteiger charge is 2.38. The molecule has 0 bridgehead atoms. The Balaban J connectivity index is 0.000000317. The molecular weight excluding hydrogens is 546 g/mol. The van der Waals surface area contributed by atoms with Gasteiger partial charge in [0.05, 0.1) is 5.92 Å². The average Bonchev–Trinajstić information content (AvgIpc) is 3.42. The molecule has 212 valence electrons. The molecule has 1 saturated heterocycles. The summed E-state index contributed by atoms with van der Waals surface area (Å²) in [6.07, 6.45) is -3.33. The number of aromatic hydroxyl groups is 1. The first-order valence-electron chi connectivity index (χ1n) is 10.6. The van der Waals surface area contributed by atoms with Crippen LogP contribution in [-0.2, 0) is 14.4 Å². The van der Waals surface area contributed by atoms with Gasteiger partial charge in [-0.15, -0.1) is 0 Å². The van der Waals surface area contributed by atoms with Gasteiger partial charge in [-0.2, -0.15) is 31.3 Å². The second kappa shape index (κ2) is 12.3. The molecule has 6 N–H and O–H groups in total. The van der Waals surface area contributed by atoms with E-state index in [1.54, 1.807) is 18.5 Å². The second-order valence-electron chi connectivity index (χ2n) is 7.82. The topological polar surface area (TPSA) is 195 Å². The van der Waals surface area contributed by atoms with Gasteiger partial charge in [-0.05, 0) is 31.1 Å². The summed E-state index contributed by atoms with van der Waals surface area (Å²) >= 11 is 0. The lowest BCUT2D eigenvalue weighted by atomic mass is 9.98. The van der Waals surface area contributed by atoms with Crippen LogP contribution < -0.4 is 10.6 Å². The molecule has 0 radical (unpaired) electrons. The van der Waals surface area contributed by atoms with Crippen LogP contribution in [0.15, 0.2) is 23.3 Å². The Hall–Kier alpha value is -4.64. The molecule has 2 aliphatic heterocycles. The van der Waals surface area contributed by atoms with Gasteiger partial charge in [0.15, 0.2) is 5.82 Å². The predicted molar refractivity (Wildman–Crippen MR) is 122 cm³/mol. The number of fused-ring (bicyclic) bond motifs is 1. The molecule has 1 fully saturated rings. The number of anilines is 1. The fourth-order valence-corrected chi connectivity index (χ4v) is 3.21. The van der Waals surface area contributed by atoms with Crippen LogP contribution in [0.25, 0.3) is 11.6 Å². The van der Waals surface area contributed by atoms with E-state index in [-0.39, 0.29) is 17.7 Å². The first-order chi connectivity index (χ1) is 18.0. The number of piperidine rings is 1. The van der Waals surface area contributed by atoms with Crippen molar-refractivity contribution in [1.82, 2.24) is 15.0 Å². The van der Waals surface area contributed by atoms with Crippen molar-refractivity contribution < 1.29 is 56.0 Å². The Morgan fingerprint density at radius 1 is 1.10 bits per heavy atom. The van der Waals surface area contributed by atoms with E-state index in [4.69, 9.17) is 25.5 Å². The van der Waals surface area contributed by atoms with Crippen LogP contribution in [0.2, 0.25) is 0 Å². The van der Waals surface area contributed by atoms with E-state index >= 15 is 0 Å². The van der Waals surface area contributed by atoms with Crippen molar-refractivity contribution in [3.63, 3.8) is 0 Å². The number of carbonyl (C=O) groups excluding carboxylic acids is 1. The van der Waals surface area contributed by atoms with E-state index in [0.717, 1.165) is 30.5 Å². The van der Waals surface area contributed by atoms with Crippen LogP contribution in [-0.4, -0.2) is 79.8 Å². The number of nitrogens with two attached hydrogens (primary N) is 1. The van der Waals surface area contributed by atoms with Crippen molar-refractivity contribution in [2.45, 2.75) is 25.2 Å². The molecule has 1 unspecified atom stereocenters. The molecule has 18 heteroatoms. The number of carbonyl (C=O) groups is 3. The number of allylic oxidation sites excluding steroid dienone is 1. The maximum Gasteiger partial charge on any atom is 0.490 e. The highest BCUT2D eigenvalue weighted by atomic mass is 19.4. The maximum absolute atomic E-state index is 11.4. The molecule has 39 heavy (non-hydrogen) atoms. The molecule has 4 heterocycles. The van der Waals surface area contributed by atoms with Crippen LogP contribution in [0, 0.1) is 5.92 Å².